The van der Waals surface area contributed by atoms with Crippen molar-refractivity contribution >= 4 is 0 Å². The van der Waals surface area contributed by atoms with Crippen molar-refractivity contribution in [1.29, 1.82) is 0 Å². The molecule has 0 amide bonds. The van der Waals surface area contributed by atoms with E-state index in [2.05, 4.69) is 51.1 Å². The van der Waals surface area contributed by atoms with Crippen molar-refractivity contribution in [3.8, 4) is 0 Å². The van der Waals surface area contributed by atoms with Gasteiger partial charge in [0.1, 0.15) is 0 Å². The molecule has 0 spiro atoms. The molecule has 0 aliphatic carbocycles. The Balaban J connectivity index is 2.81. The van der Waals surface area contributed by atoms with Gasteiger partial charge < -0.3 is 5.73 Å². The van der Waals surface area contributed by atoms with Gasteiger partial charge in [-0.15, -0.1) is 0 Å². The van der Waals surface area contributed by atoms with E-state index in [-0.39, 0.29) is 0 Å². The predicted molar refractivity (Wildman–Crippen MR) is 66.8 cm³/mol. The minimum absolute atomic E-state index is 0.451. The highest BCUT2D eigenvalue weighted by atomic mass is 14.5. The standard InChI is InChI=1S/C14H21N/c1-11(2)14(10-15)9-12(3)13-7-5-4-6-8-13/h4-9,11-12H,10,15H2,1-3H3/b14-9+. The van der Waals surface area contributed by atoms with Gasteiger partial charge in [-0.1, -0.05) is 62.8 Å². The fourth-order valence-electron chi connectivity index (χ4n) is 1.67. The van der Waals surface area contributed by atoms with E-state index in [9.17, 15) is 0 Å². The van der Waals surface area contributed by atoms with E-state index in [0.29, 0.717) is 18.4 Å². The smallest absolute Gasteiger partial charge is 0.0139 e. The predicted octanol–water partition coefficient (Wildman–Crippen LogP) is 3.33. The lowest BCUT2D eigenvalue weighted by molar-refractivity contribution is 0.731. The van der Waals surface area contributed by atoms with Gasteiger partial charge in [0.15, 0.2) is 0 Å². The summed E-state index contributed by atoms with van der Waals surface area (Å²) in [4.78, 5) is 0. The molecule has 1 aromatic rings. The maximum Gasteiger partial charge on any atom is 0.0139 e. The Kier molecular flexibility index (Phi) is 4.57. The van der Waals surface area contributed by atoms with Crippen LogP contribution >= 0.6 is 0 Å². The first-order valence-electron chi connectivity index (χ1n) is 5.60. The number of hydrogen-bond donors (Lipinski definition) is 1. The van der Waals surface area contributed by atoms with Crippen molar-refractivity contribution in [3.63, 3.8) is 0 Å². The summed E-state index contributed by atoms with van der Waals surface area (Å²) in [6, 6.07) is 10.5. The van der Waals surface area contributed by atoms with Crippen LogP contribution in [0.3, 0.4) is 0 Å². The Hall–Kier alpha value is -1.08. The van der Waals surface area contributed by atoms with E-state index in [4.69, 9.17) is 5.73 Å². The molecule has 82 valence electrons. The van der Waals surface area contributed by atoms with Gasteiger partial charge in [-0.2, -0.15) is 0 Å². The molecule has 0 heterocycles. The summed E-state index contributed by atoms with van der Waals surface area (Å²) in [5.74, 6) is 0.994. The van der Waals surface area contributed by atoms with E-state index >= 15 is 0 Å². The molecule has 0 aliphatic heterocycles. The molecule has 0 fully saturated rings. The zero-order valence-corrected chi connectivity index (χ0v) is 9.90. The number of benzene rings is 1. The first-order chi connectivity index (χ1) is 7.15. The summed E-state index contributed by atoms with van der Waals surface area (Å²) in [6.45, 7) is 7.26. The van der Waals surface area contributed by atoms with Crippen LogP contribution in [0.5, 0.6) is 0 Å². The van der Waals surface area contributed by atoms with Crippen LogP contribution in [0, 0.1) is 5.92 Å². The maximum absolute atomic E-state index is 5.73. The molecule has 1 nitrogen and oxygen atoms in total. The van der Waals surface area contributed by atoms with Crippen molar-refractivity contribution in [2.45, 2.75) is 26.7 Å². The van der Waals surface area contributed by atoms with Crippen molar-refractivity contribution in [3.05, 3.63) is 47.5 Å². The topological polar surface area (TPSA) is 26.0 Å². The SMILES string of the molecule is CC(C)/C(=C/C(C)c1ccccc1)CN. The van der Waals surface area contributed by atoms with Crippen LogP contribution in [0.2, 0.25) is 0 Å². The van der Waals surface area contributed by atoms with Gasteiger partial charge in [0.25, 0.3) is 0 Å². The second-order valence-electron chi connectivity index (χ2n) is 4.30. The van der Waals surface area contributed by atoms with Crippen LogP contribution in [-0.2, 0) is 0 Å². The minimum atomic E-state index is 0.451. The van der Waals surface area contributed by atoms with Crippen LogP contribution in [0.4, 0.5) is 0 Å². The Morgan fingerprint density at radius 2 is 1.80 bits per heavy atom. The summed E-state index contributed by atoms with van der Waals surface area (Å²) in [7, 11) is 0. The molecule has 15 heavy (non-hydrogen) atoms. The molecule has 1 aromatic carbocycles. The molecule has 1 atom stereocenters. The molecule has 0 bridgehead atoms. The van der Waals surface area contributed by atoms with Crippen LogP contribution < -0.4 is 5.73 Å². The third-order valence-electron chi connectivity index (χ3n) is 2.77. The Bertz CT molecular complexity index is 311. The molecular formula is C14H21N. The van der Waals surface area contributed by atoms with Crippen molar-refractivity contribution in [2.75, 3.05) is 6.54 Å². The fourth-order valence-corrected chi connectivity index (χ4v) is 1.67. The van der Waals surface area contributed by atoms with Crippen LogP contribution in [-0.4, -0.2) is 6.54 Å². The van der Waals surface area contributed by atoms with Crippen LogP contribution in [0.25, 0.3) is 0 Å². The summed E-state index contributed by atoms with van der Waals surface area (Å²) in [5, 5.41) is 0. The van der Waals surface area contributed by atoms with Gasteiger partial charge in [-0.3, -0.25) is 0 Å². The average molecular weight is 203 g/mol. The normalized spacial score (nSPS) is 14.3. The van der Waals surface area contributed by atoms with Gasteiger partial charge in [0.2, 0.25) is 0 Å². The molecule has 2 N–H and O–H groups in total. The molecular weight excluding hydrogens is 182 g/mol. The van der Waals surface area contributed by atoms with E-state index in [0.717, 1.165) is 0 Å². The Morgan fingerprint density at radius 3 is 2.27 bits per heavy atom. The lowest BCUT2D eigenvalue weighted by Crippen LogP contribution is -2.09. The summed E-state index contributed by atoms with van der Waals surface area (Å²) in [5.41, 5.74) is 8.42. The van der Waals surface area contributed by atoms with E-state index in [1.54, 1.807) is 0 Å². The molecule has 0 saturated carbocycles. The summed E-state index contributed by atoms with van der Waals surface area (Å²) >= 11 is 0. The number of hydrogen-bond acceptors (Lipinski definition) is 1. The molecule has 0 radical (unpaired) electrons. The Morgan fingerprint density at radius 1 is 1.20 bits per heavy atom. The van der Waals surface area contributed by atoms with Gasteiger partial charge in [-0.05, 0) is 17.4 Å². The summed E-state index contributed by atoms with van der Waals surface area (Å²) in [6.07, 6.45) is 2.29. The Labute approximate surface area is 93.0 Å². The minimum Gasteiger partial charge on any atom is -0.327 e. The van der Waals surface area contributed by atoms with Gasteiger partial charge in [0, 0.05) is 6.54 Å². The highest BCUT2D eigenvalue weighted by molar-refractivity contribution is 5.25. The molecule has 0 aliphatic rings. The summed E-state index contributed by atoms with van der Waals surface area (Å²) < 4.78 is 0. The number of nitrogens with two attached hydrogens (primary N) is 1. The third-order valence-corrected chi connectivity index (χ3v) is 2.77. The van der Waals surface area contributed by atoms with Gasteiger partial charge in [0.05, 0.1) is 0 Å². The van der Waals surface area contributed by atoms with Crippen LogP contribution in [0.1, 0.15) is 32.3 Å². The fraction of sp³-hybridized carbons (Fsp3) is 0.429. The second-order valence-corrected chi connectivity index (χ2v) is 4.30. The maximum atomic E-state index is 5.73. The monoisotopic (exact) mass is 203 g/mol. The zero-order chi connectivity index (χ0) is 11.3. The van der Waals surface area contributed by atoms with E-state index in [1.807, 2.05) is 6.07 Å². The van der Waals surface area contributed by atoms with E-state index in [1.165, 1.54) is 11.1 Å². The first kappa shape index (κ1) is 12.0. The molecule has 0 aromatic heterocycles. The second kappa shape index (κ2) is 5.72. The van der Waals surface area contributed by atoms with Crippen LogP contribution in [0.15, 0.2) is 42.0 Å². The lowest BCUT2D eigenvalue weighted by atomic mass is 9.94. The highest BCUT2D eigenvalue weighted by Crippen LogP contribution is 2.20. The van der Waals surface area contributed by atoms with E-state index < -0.39 is 0 Å². The lowest BCUT2D eigenvalue weighted by Gasteiger charge is -2.13. The number of rotatable bonds is 4. The van der Waals surface area contributed by atoms with Crippen molar-refractivity contribution < 1.29 is 0 Å². The third kappa shape index (κ3) is 3.52. The first-order valence-corrected chi connectivity index (χ1v) is 5.60. The highest BCUT2D eigenvalue weighted by Gasteiger charge is 2.05. The quantitative estimate of drug-likeness (QED) is 0.746. The van der Waals surface area contributed by atoms with Crippen molar-refractivity contribution in [1.82, 2.24) is 0 Å². The van der Waals surface area contributed by atoms with Gasteiger partial charge >= 0.3 is 0 Å². The molecule has 1 heteroatoms. The average Bonchev–Trinajstić information content (AvgIpc) is 2.26. The largest absolute Gasteiger partial charge is 0.327 e. The van der Waals surface area contributed by atoms with Crippen molar-refractivity contribution in [2.24, 2.45) is 11.7 Å². The zero-order valence-electron chi connectivity index (χ0n) is 9.90. The van der Waals surface area contributed by atoms with Gasteiger partial charge in [-0.25, -0.2) is 0 Å². The molecule has 0 saturated heterocycles. The number of allylic oxidation sites excluding steroid dienone is 1. The molecule has 1 rings (SSSR count). The molecule has 1 unspecified atom stereocenters.